The maximum Gasteiger partial charge on any atom is 0.265 e. The molecular weight excluding hydrogens is 442 g/mol. The summed E-state index contributed by atoms with van der Waals surface area (Å²) in [5, 5.41) is 9.85. The molecule has 172 valence electrons. The van der Waals surface area contributed by atoms with Gasteiger partial charge in [-0.2, -0.15) is 0 Å². The third-order valence-electron chi connectivity index (χ3n) is 6.21. The van der Waals surface area contributed by atoms with E-state index in [4.69, 9.17) is 0 Å². The predicted octanol–water partition coefficient (Wildman–Crippen LogP) is 5.15. The summed E-state index contributed by atoms with van der Waals surface area (Å²) in [4.78, 5) is 22.7. The second kappa shape index (κ2) is 9.35. The first-order chi connectivity index (χ1) is 16.5. The molecule has 0 bridgehead atoms. The predicted molar refractivity (Wildman–Crippen MR) is 137 cm³/mol. The van der Waals surface area contributed by atoms with Gasteiger partial charge in [-0.3, -0.25) is 4.79 Å². The highest BCUT2D eigenvalue weighted by Gasteiger charge is 2.26. The van der Waals surface area contributed by atoms with Gasteiger partial charge in [-0.1, -0.05) is 54.1 Å². The Morgan fingerprint density at radius 2 is 1.65 bits per heavy atom. The minimum absolute atomic E-state index is 0.0631. The molecule has 1 aliphatic rings. The van der Waals surface area contributed by atoms with E-state index >= 15 is 0 Å². The summed E-state index contributed by atoms with van der Waals surface area (Å²) < 4.78 is 0. The Morgan fingerprint density at radius 3 is 2.32 bits per heavy atom. The summed E-state index contributed by atoms with van der Waals surface area (Å²) in [6.45, 7) is 8.86. The Bertz CT molecular complexity index is 1310. The van der Waals surface area contributed by atoms with E-state index in [0.29, 0.717) is 13.1 Å². The third kappa shape index (κ3) is 4.43. The SMILES string of the molecule is Cc1ccc(-c2ccc(N3CCN(C(=O)c4sc(-c5ccccc5)nc4C)CC3)nn2)c(C)c1. The van der Waals surface area contributed by atoms with Gasteiger partial charge in [0.1, 0.15) is 9.88 Å². The highest BCUT2D eigenvalue weighted by molar-refractivity contribution is 7.17. The van der Waals surface area contributed by atoms with E-state index in [1.165, 1.54) is 22.5 Å². The first-order valence-electron chi connectivity index (χ1n) is 11.5. The van der Waals surface area contributed by atoms with Gasteiger partial charge in [0.25, 0.3) is 5.91 Å². The average Bonchev–Trinajstić information content (AvgIpc) is 3.26. The quantitative estimate of drug-likeness (QED) is 0.413. The average molecular weight is 470 g/mol. The molecular formula is C27H27N5OS. The number of anilines is 1. The van der Waals surface area contributed by atoms with Crippen molar-refractivity contribution in [3.05, 3.63) is 82.4 Å². The number of piperazine rings is 1. The zero-order chi connectivity index (χ0) is 23.7. The first-order valence-corrected chi connectivity index (χ1v) is 12.3. The number of amides is 1. The summed E-state index contributed by atoms with van der Waals surface area (Å²) in [6, 6.07) is 20.4. The van der Waals surface area contributed by atoms with Gasteiger partial charge in [0.2, 0.25) is 0 Å². The van der Waals surface area contributed by atoms with Crippen LogP contribution in [0.25, 0.3) is 21.8 Å². The van der Waals surface area contributed by atoms with E-state index in [9.17, 15) is 4.79 Å². The topological polar surface area (TPSA) is 62.2 Å². The van der Waals surface area contributed by atoms with Crippen LogP contribution in [-0.2, 0) is 0 Å². The molecule has 0 unspecified atom stereocenters. The molecule has 0 atom stereocenters. The zero-order valence-electron chi connectivity index (χ0n) is 19.7. The van der Waals surface area contributed by atoms with Gasteiger partial charge in [0.15, 0.2) is 5.82 Å². The van der Waals surface area contributed by atoms with Crippen molar-refractivity contribution in [3.8, 4) is 21.8 Å². The Balaban J connectivity index is 1.24. The van der Waals surface area contributed by atoms with Crippen LogP contribution in [0.4, 0.5) is 5.82 Å². The van der Waals surface area contributed by atoms with Crippen LogP contribution in [0.15, 0.2) is 60.7 Å². The van der Waals surface area contributed by atoms with E-state index < -0.39 is 0 Å². The van der Waals surface area contributed by atoms with Crippen LogP contribution >= 0.6 is 11.3 Å². The third-order valence-corrected chi connectivity index (χ3v) is 7.41. The number of aromatic nitrogens is 3. The molecule has 6 nitrogen and oxygen atoms in total. The van der Waals surface area contributed by atoms with Gasteiger partial charge < -0.3 is 9.80 Å². The number of nitrogens with zero attached hydrogens (tertiary/aromatic N) is 5. The fourth-order valence-corrected chi connectivity index (χ4v) is 5.36. The van der Waals surface area contributed by atoms with Gasteiger partial charge >= 0.3 is 0 Å². The van der Waals surface area contributed by atoms with Gasteiger partial charge in [-0.15, -0.1) is 21.5 Å². The van der Waals surface area contributed by atoms with Crippen LogP contribution in [-0.4, -0.2) is 52.2 Å². The number of hydrogen-bond donors (Lipinski definition) is 0. The highest BCUT2D eigenvalue weighted by atomic mass is 32.1. The fraction of sp³-hybridized carbons (Fsp3) is 0.259. The summed E-state index contributed by atoms with van der Waals surface area (Å²) in [5.74, 6) is 0.911. The lowest BCUT2D eigenvalue weighted by atomic mass is 10.0. The van der Waals surface area contributed by atoms with Crippen molar-refractivity contribution in [3.63, 3.8) is 0 Å². The summed E-state index contributed by atoms with van der Waals surface area (Å²) in [5.41, 5.74) is 6.26. The van der Waals surface area contributed by atoms with Crippen molar-refractivity contribution >= 4 is 23.1 Å². The van der Waals surface area contributed by atoms with Crippen LogP contribution in [0.1, 0.15) is 26.5 Å². The van der Waals surface area contributed by atoms with E-state index in [2.05, 4.69) is 52.1 Å². The molecule has 0 N–H and O–H groups in total. The molecule has 0 aliphatic carbocycles. The molecule has 1 fully saturated rings. The molecule has 1 amide bonds. The lowest BCUT2D eigenvalue weighted by Crippen LogP contribution is -2.49. The smallest absolute Gasteiger partial charge is 0.265 e. The number of rotatable bonds is 4. The lowest BCUT2D eigenvalue weighted by Gasteiger charge is -2.35. The second-order valence-corrected chi connectivity index (χ2v) is 9.67. The lowest BCUT2D eigenvalue weighted by molar-refractivity contribution is 0.0750. The van der Waals surface area contributed by atoms with Crippen molar-refractivity contribution in [2.45, 2.75) is 20.8 Å². The van der Waals surface area contributed by atoms with E-state index in [1.54, 1.807) is 0 Å². The van der Waals surface area contributed by atoms with Gasteiger partial charge in [0, 0.05) is 37.3 Å². The molecule has 34 heavy (non-hydrogen) atoms. The Hall–Kier alpha value is -3.58. The molecule has 5 rings (SSSR count). The summed E-state index contributed by atoms with van der Waals surface area (Å²) in [7, 11) is 0. The molecule has 2 aromatic carbocycles. The molecule has 1 saturated heterocycles. The molecule has 7 heteroatoms. The van der Waals surface area contributed by atoms with Gasteiger partial charge in [-0.25, -0.2) is 4.98 Å². The Labute approximate surface area is 203 Å². The van der Waals surface area contributed by atoms with Crippen molar-refractivity contribution < 1.29 is 4.79 Å². The number of carbonyl (C=O) groups excluding carboxylic acids is 1. The van der Waals surface area contributed by atoms with Crippen LogP contribution < -0.4 is 4.90 Å². The summed E-state index contributed by atoms with van der Waals surface area (Å²) >= 11 is 1.47. The number of benzene rings is 2. The van der Waals surface area contributed by atoms with Crippen molar-refractivity contribution in [2.75, 3.05) is 31.1 Å². The van der Waals surface area contributed by atoms with Gasteiger partial charge in [0.05, 0.1) is 11.4 Å². The van der Waals surface area contributed by atoms with Crippen molar-refractivity contribution in [2.24, 2.45) is 0 Å². The van der Waals surface area contributed by atoms with Crippen LogP contribution in [0.3, 0.4) is 0 Å². The second-order valence-electron chi connectivity index (χ2n) is 8.67. The Kier molecular flexibility index (Phi) is 6.11. The van der Waals surface area contributed by atoms with Crippen LogP contribution in [0.5, 0.6) is 0 Å². The van der Waals surface area contributed by atoms with Crippen molar-refractivity contribution in [1.82, 2.24) is 20.1 Å². The molecule has 0 saturated carbocycles. The fourth-order valence-electron chi connectivity index (χ4n) is 4.32. The molecule has 2 aromatic heterocycles. The van der Waals surface area contributed by atoms with Crippen LogP contribution in [0.2, 0.25) is 0 Å². The van der Waals surface area contributed by atoms with E-state index in [-0.39, 0.29) is 5.91 Å². The zero-order valence-corrected chi connectivity index (χ0v) is 20.5. The largest absolute Gasteiger partial charge is 0.352 e. The standard InChI is InChI=1S/C27H27N5OS/c1-18-9-10-22(19(2)17-18)23-11-12-24(30-29-23)31-13-15-32(16-14-31)27(33)25-20(3)28-26(34-25)21-7-5-4-6-8-21/h4-12,17H,13-16H2,1-3H3. The minimum atomic E-state index is 0.0631. The molecule has 4 aromatic rings. The Morgan fingerprint density at radius 1 is 0.882 bits per heavy atom. The molecule has 3 heterocycles. The number of thiazole rings is 1. The molecule has 0 spiro atoms. The number of aryl methyl sites for hydroxylation is 3. The summed E-state index contributed by atoms with van der Waals surface area (Å²) in [6.07, 6.45) is 0. The van der Waals surface area contributed by atoms with E-state index in [0.717, 1.165) is 51.3 Å². The normalized spacial score (nSPS) is 13.9. The number of carbonyl (C=O) groups is 1. The first kappa shape index (κ1) is 22.2. The monoisotopic (exact) mass is 469 g/mol. The number of hydrogen-bond acceptors (Lipinski definition) is 6. The van der Waals surface area contributed by atoms with Gasteiger partial charge in [-0.05, 0) is 38.5 Å². The maximum absolute atomic E-state index is 13.2. The maximum atomic E-state index is 13.2. The van der Waals surface area contributed by atoms with Crippen LogP contribution in [0, 0.1) is 20.8 Å². The minimum Gasteiger partial charge on any atom is -0.352 e. The molecule has 0 radical (unpaired) electrons. The van der Waals surface area contributed by atoms with E-state index in [1.807, 2.05) is 54.3 Å². The molecule has 1 aliphatic heterocycles. The van der Waals surface area contributed by atoms with Crippen molar-refractivity contribution in [1.29, 1.82) is 0 Å². The highest BCUT2D eigenvalue weighted by Crippen LogP contribution is 2.29.